The minimum Gasteiger partial charge on any atom is -0.466 e. The maximum atomic E-state index is 12.3. The maximum absolute atomic E-state index is 12.3. The molecule has 0 spiro atoms. The smallest absolute Gasteiger partial charge is 0.466 e. The molecule has 1 aromatic heterocycles. The number of alkyl halides is 3. The quantitative estimate of drug-likeness (QED) is 0.315. The normalized spacial score (nSPS) is 11.1. The largest absolute Gasteiger partial charge is 0.573 e. The number of carbonyl (C=O) groups excluding carboxylic acids is 1. The third-order valence-electron chi connectivity index (χ3n) is 2.01. The highest BCUT2D eigenvalue weighted by Gasteiger charge is 2.36. The summed E-state index contributed by atoms with van der Waals surface area (Å²) in [6.45, 7) is 1.52. The van der Waals surface area contributed by atoms with Crippen LogP contribution in [0, 0.1) is 13.7 Å². The standard InChI is InChI=1S/C10H8F3IN2O5/c1-2-20-8(17)4-6-9(21-10(11,12)13)5(14)3-7(15-6)16(18)19/h3H,2,4H2,1H3. The van der Waals surface area contributed by atoms with E-state index in [2.05, 4.69) is 14.5 Å². The summed E-state index contributed by atoms with van der Waals surface area (Å²) in [4.78, 5) is 24.6. The molecular formula is C10H8F3IN2O5. The van der Waals surface area contributed by atoms with Crippen LogP contribution < -0.4 is 4.74 Å². The predicted molar refractivity (Wildman–Crippen MR) is 70.6 cm³/mol. The van der Waals surface area contributed by atoms with Crippen LogP contribution in [0.2, 0.25) is 0 Å². The SMILES string of the molecule is CCOC(=O)Cc1nc([N+](=O)[O-])cc(I)c1OC(F)(F)F. The average molecular weight is 420 g/mol. The lowest BCUT2D eigenvalue weighted by Crippen LogP contribution is -2.21. The number of pyridine rings is 1. The van der Waals surface area contributed by atoms with Gasteiger partial charge >= 0.3 is 18.1 Å². The number of esters is 1. The zero-order valence-electron chi connectivity index (χ0n) is 10.4. The molecule has 0 unspecified atom stereocenters. The van der Waals surface area contributed by atoms with E-state index in [1.54, 1.807) is 0 Å². The van der Waals surface area contributed by atoms with Gasteiger partial charge in [-0.05, 0) is 39.4 Å². The molecule has 0 saturated carbocycles. The van der Waals surface area contributed by atoms with Crippen molar-refractivity contribution >= 4 is 34.4 Å². The Morgan fingerprint density at radius 3 is 2.62 bits per heavy atom. The monoisotopic (exact) mass is 420 g/mol. The highest BCUT2D eigenvalue weighted by Crippen LogP contribution is 2.33. The van der Waals surface area contributed by atoms with Crippen molar-refractivity contribution < 1.29 is 32.4 Å². The van der Waals surface area contributed by atoms with Gasteiger partial charge in [-0.25, -0.2) is 0 Å². The Morgan fingerprint density at radius 2 is 2.14 bits per heavy atom. The summed E-state index contributed by atoms with van der Waals surface area (Å²) in [6.07, 6.45) is -5.68. The van der Waals surface area contributed by atoms with E-state index in [9.17, 15) is 28.1 Å². The van der Waals surface area contributed by atoms with Gasteiger partial charge in [0, 0.05) is 0 Å². The molecule has 7 nitrogen and oxygen atoms in total. The molecule has 116 valence electrons. The number of rotatable bonds is 5. The first kappa shape index (κ1) is 17.4. The summed E-state index contributed by atoms with van der Waals surface area (Å²) in [7, 11) is 0. The van der Waals surface area contributed by atoms with Gasteiger partial charge in [0.1, 0.15) is 6.42 Å². The van der Waals surface area contributed by atoms with Crippen molar-refractivity contribution in [3.63, 3.8) is 0 Å². The van der Waals surface area contributed by atoms with Crippen LogP contribution in [0.15, 0.2) is 6.07 Å². The van der Waals surface area contributed by atoms with Gasteiger partial charge in [0.2, 0.25) is 5.69 Å². The van der Waals surface area contributed by atoms with Gasteiger partial charge in [-0.1, -0.05) is 0 Å². The molecule has 0 N–H and O–H groups in total. The van der Waals surface area contributed by atoms with E-state index in [0.717, 1.165) is 6.07 Å². The minimum absolute atomic E-state index is 0.0142. The molecule has 0 aliphatic carbocycles. The van der Waals surface area contributed by atoms with E-state index >= 15 is 0 Å². The van der Waals surface area contributed by atoms with E-state index < -0.39 is 40.9 Å². The Hall–Kier alpha value is -1.66. The number of ether oxygens (including phenoxy) is 2. The number of hydrogen-bond donors (Lipinski definition) is 0. The average Bonchev–Trinajstić information content (AvgIpc) is 2.31. The second-order valence-electron chi connectivity index (χ2n) is 3.52. The fraction of sp³-hybridized carbons (Fsp3) is 0.400. The predicted octanol–water partition coefficient (Wildman–Crippen LogP) is 2.60. The van der Waals surface area contributed by atoms with Gasteiger partial charge in [-0.2, -0.15) is 0 Å². The molecule has 11 heteroatoms. The first-order chi connectivity index (χ1) is 9.64. The molecule has 0 aliphatic rings. The summed E-state index contributed by atoms with van der Waals surface area (Å²) < 4.78 is 45.2. The van der Waals surface area contributed by atoms with Crippen molar-refractivity contribution in [1.29, 1.82) is 0 Å². The lowest BCUT2D eigenvalue weighted by molar-refractivity contribution is -0.389. The van der Waals surface area contributed by atoms with Gasteiger partial charge in [-0.3, -0.25) is 4.79 Å². The summed E-state index contributed by atoms with van der Waals surface area (Å²) in [5.41, 5.74) is -0.510. The van der Waals surface area contributed by atoms with Crippen molar-refractivity contribution in [2.24, 2.45) is 0 Å². The molecule has 0 amide bonds. The van der Waals surface area contributed by atoms with Gasteiger partial charge in [0.15, 0.2) is 5.75 Å². The highest BCUT2D eigenvalue weighted by molar-refractivity contribution is 14.1. The Balaban J connectivity index is 3.26. The fourth-order valence-corrected chi connectivity index (χ4v) is 2.02. The maximum Gasteiger partial charge on any atom is 0.573 e. The zero-order chi connectivity index (χ0) is 16.2. The second-order valence-corrected chi connectivity index (χ2v) is 4.69. The van der Waals surface area contributed by atoms with Crippen LogP contribution in [0.5, 0.6) is 5.75 Å². The molecule has 0 fully saturated rings. The number of nitrogens with zero attached hydrogens (tertiary/aromatic N) is 2. The van der Waals surface area contributed by atoms with E-state index in [4.69, 9.17) is 0 Å². The van der Waals surface area contributed by atoms with Crippen LogP contribution in [0.25, 0.3) is 0 Å². The molecular weight excluding hydrogens is 412 g/mol. The summed E-state index contributed by atoms with van der Waals surface area (Å²) in [5.74, 6) is -2.30. The van der Waals surface area contributed by atoms with Crippen LogP contribution >= 0.6 is 22.6 Å². The summed E-state index contributed by atoms with van der Waals surface area (Å²) in [5, 5.41) is 10.7. The van der Waals surface area contributed by atoms with Crippen LogP contribution in [0.4, 0.5) is 19.0 Å². The van der Waals surface area contributed by atoms with Gasteiger partial charge in [0.25, 0.3) is 0 Å². The Morgan fingerprint density at radius 1 is 1.52 bits per heavy atom. The molecule has 1 rings (SSSR count). The van der Waals surface area contributed by atoms with Crippen molar-refractivity contribution in [1.82, 2.24) is 4.98 Å². The fourth-order valence-electron chi connectivity index (χ4n) is 1.32. The number of hydrogen-bond acceptors (Lipinski definition) is 6. The first-order valence-electron chi connectivity index (χ1n) is 5.39. The Labute approximate surface area is 129 Å². The van der Waals surface area contributed by atoms with E-state index in [1.807, 2.05) is 0 Å². The second kappa shape index (κ2) is 6.87. The third-order valence-corrected chi connectivity index (χ3v) is 2.81. The van der Waals surface area contributed by atoms with Crippen molar-refractivity contribution in [3.8, 4) is 5.75 Å². The Kier molecular flexibility index (Phi) is 5.69. The van der Waals surface area contributed by atoms with Gasteiger partial charge in [0.05, 0.1) is 16.2 Å². The molecule has 0 aromatic carbocycles. The number of aromatic nitrogens is 1. The topological polar surface area (TPSA) is 91.6 Å². The van der Waals surface area contributed by atoms with Crippen LogP contribution in [-0.4, -0.2) is 28.8 Å². The van der Waals surface area contributed by atoms with E-state index in [1.165, 1.54) is 29.5 Å². The molecule has 1 heterocycles. The molecule has 0 saturated heterocycles. The summed E-state index contributed by atoms with van der Waals surface area (Å²) in [6, 6.07) is 0.816. The van der Waals surface area contributed by atoms with E-state index in [0.29, 0.717) is 0 Å². The number of carbonyl (C=O) groups is 1. The van der Waals surface area contributed by atoms with Crippen molar-refractivity contribution in [2.75, 3.05) is 6.61 Å². The Bertz CT molecular complexity index is 564. The van der Waals surface area contributed by atoms with Gasteiger partial charge in [-0.15, -0.1) is 13.2 Å². The number of halogens is 4. The summed E-state index contributed by atoms with van der Waals surface area (Å²) >= 11 is 1.43. The molecule has 21 heavy (non-hydrogen) atoms. The minimum atomic E-state index is -5.01. The van der Waals surface area contributed by atoms with Crippen LogP contribution in [0.1, 0.15) is 12.6 Å². The molecule has 0 aliphatic heterocycles. The zero-order valence-corrected chi connectivity index (χ0v) is 12.6. The molecule has 0 bridgehead atoms. The molecule has 0 radical (unpaired) electrons. The first-order valence-corrected chi connectivity index (χ1v) is 6.47. The third kappa shape index (κ3) is 5.32. The van der Waals surface area contributed by atoms with Crippen LogP contribution in [0.3, 0.4) is 0 Å². The van der Waals surface area contributed by atoms with Gasteiger partial charge < -0.3 is 19.6 Å². The lowest BCUT2D eigenvalue weighted by atomic mass is 10.2. The molecule has 0 atom stereocenters. The van der Waals surface area contributed by atoms with Crippen molar-refractivity contribution in [3.05, 3.63) is 25.4 Å². The number of nitro groups is 1. The van der Waals surface area contributed by atoms with Crippen LogP contribution in [-0.2, 0) is 16.0 Å². The van der Waals surface area contributed by atoms with E-state index in [-0.39, 0.29) is 10.2 Å². The van der Waals surface area contributed by atoms with Crippen molar-refractivity contribution in [2.45, 2.75) is 19.7 Å². The molecule has 1 aromatic rings. The highest BCUT2D eigenvalue weighted by atomic mass is 127. The lowest BCUT2D eigenvalue weighted by Gasteiger charge is -2.12.